The summed E-state index contributed by atoms with van der Waals surface area (Å²) in [6, 6.07) is 20.7. The van der Waals surface area contributed by atoms with Crippen LogP contribution in [-0.2, 0) is 0 Å². The summed E-state index contributed by atoms with van der Waals surface area (Å²) >= 11 is 11.1. The minimum Gasteiger partial charge on any atom is -0.322 e. The van der Waals surface area contributed by atoms with Crippen molar-refractivity contribution in [3.63, 3.8) is 0 Å². The number of fused-ring (bicyclic) bond motifs is 1. The van der Waals surface area contributed by atoms with Crippen LogP contribution in [0, 0.1) is 6.92 Å². The number of nitrogens with zero attached hydrogens (tertiary/aromatic N) is 3. The molecular formula is C24H16BrClN4OS. The van der Waals surface area contributed by atoms with Crippen LogP contribution in [0.1, 0.15) is 16.1 Å². The maximum Gasteiger partial charge on any atom is 0.256 e. The third-order valence-corrected chi connectivity index (χ3v) is 6.68. The molecule has 32 heavy (non-hydrogen) atoms. The van der Waals surface area contributed by atoms with Gasteiger partial charge in [0.2, 0.25) is 0 Å². The summed E-state index contributed by atoms with van der Waals surface area (Å²) in [7, 11) is 0. The number of carbonyl (C=O) groups excluding carboxylic acids is 1. The monoisotopic (exact) mass is 522 g/mol. The summed E-state index contributed by atoms with van der Waals surface area (Å²) in [6.07, 6.45) is 0. The number of nitrogens with one attached hydrogen (secondary N) is 1. The first-order chi connectivity index (χ1) is 15.5. The van der Waals surface area contributed by atoms with Gasteiger partial charge in [0.1, 0.15) is 0 Å². The van der Waals surface area contributed by atoms with E-state index in [0.29, 0.717) is 21.9 Å². The second-order valence-corrected chi connectivity index (χ2v) is 9.47. The molecule has 0 fully saturated rings. The van der Waals surface area contributed by atoms with Crippen molar-refractivity contribution in [1.82, 2.24) is 14.8 Å². The summed E-state index contributed by atoms with van der Waals surface area (Å²) < 4.78 is 2.70. The topological polar surface area (TPSA) is 59.8 Å². The highest BCUT2D eigenvalue weighted by Crippen LogP contribution is 2.31. The lowest BCUT2D eigenvalue weighted by Crippen LogP contribution is -2.13. The molecule has 0 aliphatic heterocycles. The molecule has 0 unspecified atom stereocenters. The summed E-state index contributed by atoms with van der Waals surface area (Å²) in [4.78, 5) is 19.2. The van der Waals surface area contributed by atoms with Gasteiger partial charge in [-0.2, -0.15) is 5.10 Å². The number of rotatable bonds is 4. The number of hydrogen-bond acceptors (Lipinski definition) is 4. The van der Waals surface area contributed by atoms with Gasteiger partial charge in [-0.25, -0.2) is 9.67 Å². The molecule has 3 heterocycles. The van der Waals surface area contributed by atoms with Crippen molar-refractivity contribution >= 4 is 61.5 Å². The van der Waals surface area contributed by atoms with E-state index in [4.69, 9.17) is 21.7 Å². The normalized spacial score (nSPS) is 11.1. The van der Waals surface area contributed by atoms with Crippen molar-refractivity contribution in [2.24, 2.45) is 0 Å². The highest BCUT2D eigenvalue weighted by atomic mass is 79.9. The van der Waals surface area contributed by atoms with E-state index in [1.165, 1.54) is 0 Å². The lowest BCUT2D eigenvalue weighted by Gasteiger charge is -2.10. The summed E-state index contributed by atoms with van der Waals surface area (Å²) in [5, 5.41) is 11.0. The first-order valence-corrected chi connectivity index (χ1v) is 11.8. The quantitative estimate of drug-likeness (QED) is 0.273. The molecular weight excluding hydrogens is 508 g/mol. The van der Waals surface area contributed by atoms with Crippen molar-refractivity contribution in [3.8, 4) is 16.3 Å². The van der Waals surface area contributed by atoms with Gasteiger partial charge in [0.25, 0.3) is 5.91 Å². The summed E-state index contributed by atoms with van der Waals surface area (Å²) in [5.41, 5.74) is 4.13. The van der Waals surface area contributed by atoms with Crippen molar-refractivity contribution < 1.29 is 4.79 Å². The Labute approximate surface area is 201 Å². The fraction of sp³-hybridized carbons (Fsp3) is 0.0417. The zero-order valence-electron chi connectivity index (χ0n) is 16.8. The zero-order chi connectivity index (χ0) is 22.2. The van der Waals surface area contributed by atoms with Gasteiger partial charge in [-0.1, -0.05) is 33.6 Å². The molecule has 1 amide bonds. The van der Waals surface area contributed by atoms with Gasteiger partial charge in [0.05, 0.1) is 32.9 Å². The second kappa shape index (κ2) is 8.50. The van der Waals surface area contributed by atoms with Crippen molar-refractivity contribution in [2.75, 3.05) is 5.32 Å². The Balaban J connectivity index is 1.69. The molecule has 0 bridgehead atoms. The SMILES string of the molecule is Cc1nn(-c2ccc(Cl)cc2)c2nc(-c3cccs3)cc(C(=O)Nc3ccc(Br)cc3)c12. The van der Waals surface area contributed by atoms with E-state index in [2.05, 4.69) is 21.2 Å². The first-order valence-electron chi connectivity index (χ1n) is 9.77. The van der Waals surface area contributed by atoms with E-state index in [0.717, 1.165) is 31.8 Å². The second-order valence-electron chi connectivity index (χ2n) is 7.17. The van der Waals surface area contributed by atoms with Crippen molar-refractivity contribution in [3.05, 3.63) is 92.9 Å². The Morgan fingerprint density at radius 2 is 1.84 bits per heavy atom. The minimum atomic E-state index is -0.212. The predicted octanol–water partition coefficient (Wildman–Crippen LogP) is 7.13. The highest BCUT2D eigenvalue weighted by Gasteiger charge is 2.21. The molecule has 158 valence electrons. The van der Waals surface area contributed by atoms with Gasteiger partial charge in [0.15, 0.2) is 5.65 Å². The number of hydrogen-bond donors (Lipinski definition) is 1. The minimum absolute atomic E-state index is 0.212. The van der Waals surface area contributed by atoms with Crippen LogP contribution in [0.3, 0.4) is 0 Å². The van der Waals surface area contributed by atoms with Crippen LogP contribution in [0.5, 0.6) is 0 Å². The van der Waals surface area contributed by atoms with Gasteiger partial charge < -0.3 is 5.32 Å². The Morgan fingerprint density at radius 1 is 1.09 bits per heavy atom. The molecule has 1 N–H and O–H groups in total. The maximum atomic E-state index is 13.4. The lowest BCUT2D eigenvalue weighted by atomic mass is 10.1. The van der Waals surface area contributed by atoms with E-state index in [1.54, 1.807) is 16.0 Å². The summed E-state index contributed by atoms with van der Waals surface area (Å²) in [5.74, 6) is -0.212. The van der Waals surface area contributed by atoms with Gasteiger partial charge in [-0.3, -0.25) is 4.79 Å². The van der Waals surface area contributed by atoms with Crippen LogP contribution < -0.4 is 5.32 Å². The standard InChI is InChI=1S/C24H16BrClN4OS/c1-14-22-19(24(31)27-17-8-4-15(25)5-9-17)13-20(21-3-2-12-32-21)28-23(22)30(29-14)18-10-6-16(26)7-11-18/h2-13H,1H3,(H,27,31). The highest BCUT2D eigenvalue weighted by molar-refractivity contribution is 9.10. The first kappa shape index (κ1) is 20.9. The molecule has 3 aromatic heterocycles. The fourth-order valence-electron chi connectivity index (χ4n) is 3.51. The zero-order valence-corrected chi connectivity index (χ0v) is 20.0. The molecule has 0 saturated heterocycles. The predicted molar refractivity (Wildman–Crippen MR) is 134 cm³/mol. The van der Waals surface area contributed by atoms with Crippen molar-refractivity contribution in [1.29, 1.82) is 0 Å². The Hall–Kier alpha value is -3.00. The molecule has 0 spiro atoms. The molecule has 0 aliphatic rings. The molecule has 5 rings (SSSR count). The number of aryl methyl sites for hydroxylation is 1. The number of amides is 1. The molecule has 0 aliphatic carbocycles. The average molecular weight is 524 g/mol. The molecule has 2 aromatic carbocycles. The largest absolute Gasteiger partial charge is 0.322 e. The van der Waals surface area contributed by atoms with E-state index in [1.807, 2.05) is 79.0 Å². The van der Waals surface area contributed by atoms with Gasteiger partial charge in [0, 0.05) is 15.2 Å². The lowest BCUT2D eigenvalue weighted by molar-refractivity contribution is 0.102. The average Bonchev–Trinajstić information content (AvgIpc) is 3.44. The van der Waals surface area contributed by atoms with Crippen molar-refractivity contribution in [2.45, 2.75) is 6.92 Å². The maximum absolute atomic E-state index is 13.4. The Kier molecular flexibility index (Phi) is 5.55. The van der Waals surface area contributed by atoms with Crippen LogP contribution in [0.4, 0.5) is 5.69 Å². The van der Waals surface area contributed by atoms with E-state index < -0.39 is 0 Å². The van der Waals surface area contributed by atoms with Gasteiger partial charge in [-0.05, 0) is 73.0 Å². The van der Waals surface area contributed by atoms with E-state index >= 15 is 0 Å². The Morgan fingerprint density at radius 3 is 2.53 bits per heavy atom. The third kappa shape index (κ3) is 3.95. The number of carbonyl (C=O) groups is 1. The molecule has 0 radical (unpaired) electrons. The third-order valence-electron chi connectivity index (χ3n) is 5.00. The molecule has 0 saturated carbocycles. The molecule has 8 heteroatoms. The van der Waals surface area contributed by atoms with E-state index in [9.17, 15) is 4.79 Å². The molecule has 5 aromatic rings. The molecule has 0 atom stereocenters. The fourth-order valence-corrected chi connectivity index (χ4v) is 4.59. The van der Waals surface area contributed by atoms with Gasteiger partial charge >= 0.3 is 0 Å². The molecule has 5 nitrogen and oxygen atoms in total. The van der Waals surface area contributed by atoms with Crippen LogP contribution in [0.15, 0.2) is 76.6 Å². The van der Waals surface area contributed by atoms with Crippen LogP contribution in [0.25, 0.3) is 27.3 Å². The van der Waals surface area contributed by atoms with Crippen LogP contribution >= 0.6 is 38.9 Å². The van der Waals surface area contributed by atoms with Crippen LogP contribution in [-0.4, -0.2) is 20.7 Å². The number of thiophene rings is 1. The smallest absolute Gasteiger partial charge is 0.256 e. The van der Waals surface area contributed by atoms with E-state index in [-0.39, 0.29) is 5.91 Å². The van der Waals surface area contributed by atoms with Gasteiger partial charge in [-0.15, -0.1) is 11.3 Å². The summed E-state index contributed by atoms with van der Waals surface area (Å²) in [6.45, 7) is 1.89. The Bertz CT molecular complexity index is 1430. The number of benzene rings is 2. The number of pyridine rings is 1. The number of halogens is 2. The number of aromatic nitrogens is 3. The number of anilines is 1. The van der Waals surface area contributed by atoms with Crippen LogP contribution in [0.2, 0.25) is 5.02 Å².